The van der Waals surface area contributed by atoms with Gasteiger partial charge in [-0.2, -0.15) is 5.26 Å². The molecule has 1 aromatic heterocycles. The van der Waals surface area contributed by atoms with Crippen LogP contribution in [0, 0.1) is 11.3 Å². The SMILES string of the molecule is N#CCCCCc1cccnc1. The van der Waals surface area contributed by atoms with Crippen LogP contribution in [0.3, 0.4) is 0 Å². The number of hydrogen-bond donors (Lipinski definition) is 0. The number of pyridine rings is 1. The highest BCUT2D eigenvalue weighted by Gasteiger charge is 1.91. The number of hydrogen-bond acceptors (Lipinski definition) is 2. The second-order valence-electron chi connectivity index (χ2n) is 2.73. The minimum atomic E-state index is 0.667. The van der Waals surface area contributed by atoms with Gasteiger partial charge >= 0.3 is 0 Å². The molecule has 0 saturated heterocycles. The van der Waals surface area contributed by atoms with Crippen molar-refractivity contribution in [3.63, 3.8) is 0 Å². The van der Waals surface area contributed by atoms with E-state index in [1.165, 1.54) is 5.56 Å². The number of nitrogens with zero attached hydrogens (tertiary/aromatic N) is 2. The van der Waals surface area contributed by atoms with E-state index in [9.17, 15) is 0 Å². The molecule has 1 heterocycles. The molecule has 0 N–H and O–H groups in total. The van der Waals surface area contributed by atoms with Gasteiger partial charge in [-0.3, -0.25) is 4.98 Å². The van der Waals surface area contributed by atoms with E-state index in [1.807, 2.05) is 12.3 Å². The van der Waals surface area contributed by atoms with Crippen LogP contribution in [-0.4, -0.2) is 4.98 Å². The quantitative estimate of drug-likeness (QED) is 0.634. The summed E-state index contributed by atoms with van der Waals surface area (Å²) >= 11 is 0. The molecule has 0 aliphatic rings. The van der Waals surface area contributed by atoms with Gasteiger partial charge in [-0.1, -0.05) is 6.07 Å². The third kappa shape index (κ3) is 3.16. The molecule has 1 rings (SSSR count). The first-order valence-corrected chi connectivity index (χ1v) is 4.19. The number of aryl methyl sites for hydroxylation is 1. The predicted molar refractivity (Wildman–Crippen MR) is 47.4 cm³/mol. The summed E-state index contributed by atoms with van der Waals surface area (Å²) in [6.45, 7) is 0. The summed E-state index contributed by atoms with van der Waals surface area (Å²) in [4.78, 5) is 4.02. The summed E-state index contributed by atoms with van der Waals surface area (Å²) in [5, 5.41) is 8.30. The molecule has 0 aromatic carbocycles. The molecule has 0 saturated carbocycles. The Bertz CT molecular complexity index is 248. The molecule has 0 bridgehead atoms. The van der Waals surface area contributed by atoms with Gasteiger partial charge in [-0.25, -0.2) is 0 Å². The van der Waals surface area contributed by atoms with Crippen LogP contribution in [0.4, 0.5) is 0 Å². The molecule has 12 heavy (non-hydrogen) atoms. The molecule has 2 nitrogen and oxygen atoms in total. The largest absolute Gasteiger partial charge is 0.264 e. The normalized spacial score (nSPS) is 9.25. The summed E-state index contributed by atoms with van der Waals surface area (Å²) in [6, 6.07) is 6.15. The third-order valence-electron chi connectivity index (χ3n) is 1.73. The number of unbranched alkanes of at least 4 members (excludes halogenated alkanes) is 2. The standard InChI is InChI=1S/C10H12N2/c11-7-3-1-2-5-10-6-4-8-12-9-10/h4,6,8-9H,1-3,5H2. The summed E-state index contributed by atoms with van der Waals surface area (Å²) < 4.78 is 0. The maximum atomic E-state index is 8.30. The molecule has 0 fully saturated rings. The Hall–Kier alpha value is -1.36. The van der Waals surface area contributed by atoms with Gasteiger partial charge in [-0.15, -0.1) is 0 Å². The van der Waals surface area contributed by atoms with E-state index in [-0.39, 0.29) is 0 Å². The first-order valence-electron chi connectivity index (χ1n) is 4.19. The summed E-state index contributed by atoms with van der Waals surface area (Å²) in [6.07, 6.45) is 7.44. The molecule has 0 amide bonds. The minimum Gasteiger partial charge on any atom is -0.264 e. The fourth-order valence-corrected chi connectivity index (χ4v) is 1.08. The van der Waals surface area contributed by atoms with Gasteiger partial charge in [-0.05, 0) is 30.9 Å². The van der Waals surface area contributed by atoms with Gasteiger partial charge in [0.05, 0.1) is 6.07 Å². The predicted octanol–water partition coefficient (Wildman–Crippen LogP) is 2.32. The van der Waals surface area contributed by atoms with Crippen molar-refractivity contribution in [1.29, 1.82) is 5.26 Å². The highest BCUT2D eigenvalue weighted by atomic mass is 14.6. The molecule has 0 atom stereocenters. The zero-order valence-electron chi connectivity index (χ0n) is 7.03. The highest BCUT2D eigenvalue weighted by Crippen LogP contribution is 2.03. The van der Waals surface area contributed by atoms with Crippen molar-refractivity contribution in [2.45, 2.75) is 25.7 Å². The van der Waals surface area contributed by atoms with Gasteiger partial charge in [0, 0.05) is 18.8 Å². The molecule has 0 unspecified atom stereocenters. The summed E-state index contributed by atoms with van der Waals surface area (Å²) in [5.74, 6) is 0. The van der Waals surface area contributed by atoms with Crippen molar-refractivity contribution in [2.24, 2.45) is 0 Å². The van der Waals surface area contributed by atoms with Crippen LogP contribution in [0.2, 0.25) is 0 Å². The highest BCUT2D eigenvalue weighted by molar-refractivity contribution is 5.08. The van der Waals surface area contributed by atoms with Crippen LogP contribution in [0.25, 0.3) is 0 Å². The molecular weight excluding hydrogens is 148 g/mol. The molecule has 1 aromatic rings. The lowest BCUT2D eigenvalue weighted by atomic mass is 10.1. The Kier molecular flexibility index (Phi) is 3.87. The van der Waals surface area contributed by atoms with Crippen molar-refractivity contribution in [2.75, 3.05) is 0 Å². The molecule has 0 aliphatic heterocycles. The van der Waals surface area contributed by atoms with Crippen LogP contribution in [0.5, 0.6) is 0 Å². The van der Waals surface area contributed by atoms with Gasteiger partial charge in [0.2, 0.25) is 0 Å². The van der Waals surface area contributed by atoms with Gasteiger partial charge in [0.15, 0.2) is 0 Å². The number of aromatic nitrogens is 1. The van der Waals surface area contributed by atoms with Crippen molar-refractivity contribution >= 4 is 0 Å². The lowest BCUT2D eigenvalue weighted by molar-refractivity contribution is 0.750. The number of rotatable bonds is 4. The molecular formula is C10H12N2. The Morgan fingerprint density at radius 1 is 1.42 bits per heavy atom. The first-order chi connectivity index (χ1) is 5.93. The van der Waals surface area contributed by atoms with Crippen molar-refractivity contribution in [1.82, 2.24) is 4.98 Å². The topological polar surface area (TPSA) is 36.7 Å². The second-order valence-corrected chi connectivity index (χ2v) is 2.73. The maximum Gasteiger partial charge on any atom is 0.0621 e. The lowest BCUT2D eigenvalue weighted by Gasteiger charge is -1.97. The van der Waals surface area contributed by atoms with Crippen molar-refractivity contribution < 1.29 is 0 Å². The van der Waals surface area contributed by atoms with E-state index in [1.54, 1.807) is 6.20 Å². The zero-order chi connectivity index (χ0) is 8.65. The van der Waals surface area contributed by atoms with Gasteiger partial charge < -0.3 is 0 Å². The van der Waals surface area contributed by atoms with E-state index >= 15 is 0 Å². The van der Waals surface area contributed by atoms with E-state index in [4.69, 9.17) is 5.26 Å². The zero-order valence-corrected chi connectivity index (χ0v) is 7.03. The van der Waals surface area contributed by atoms with Crippen molar-refractivity contribution in [3.05, 3.63) is 30.1 Å². The Morgan fingerprint density at radius 3 is 3.00 bits per heavy atom. The molecule has 2 heteroatoms. The second kappa shape index (κ2) is 5.31. The lowest BCUT2D eigenvalue weighted by Crippen LogP contribution is -1.85. The molecule has 0 aliphatic carbocycles. The van der Waals surface area contributed by atoms with Crippen LogP contribution < -0.4 is 0 Å². The van der Waals surface area contributed by atoms with E-state index in [2.05, 4.69) is 17.1 Å². The third-order valence-corrected chi connectivity index (χ3v) is 1.73. The van der Waals surface area contributed by atoms with Crippen LogP contribution in [0.1, 0.15) is 24.8 Å². The van der Waals surface area contributed by atoms with E-state index < -0.39 is 0 Å². The molecule has 62 valence electrons. The minimum absolute atomic E-state index is 0.667. The summed E-state index contributed by atoms with van der Waals surface area (Å²) in [5.41, 5.74) is 1.26. The van der Waals surface area contributed by atoms with Crippen molar-refractivity contribution in [3.8, 4) is 6.07 Å². The Labute approximate surface area is 72.9 Å². The number of nitriles is 1. The average molecular weight is 160 g/mol. The van der Waals surface area contributed by atoms with Crippen LogP contribution in [0.15, 0.2) is 24.5 Å². The smallest absolute Gasteiger partial charge is 0.0621 e. The fraction of sp³-hybridized carbons (Fsp3) is 0.400. The molecule has 0 spiro atoms. The van der Waals surface area contributed by atoms with E-state index in [0.29, 0.717) is 6.42 Å². The first kappa shape index (κ1) is 8.73. The maximum absolute atomic E-state index is 8.30. The Balaban J connectivity index is 2.21. The Morgan fingerprint density at radius 2 is 2.33 bits per heavy atom. The summed E-state index contributed by atoms with van der Waals surface area (Å²) in [7, 11) is 0. The van der Waals surface area contributed by atoms with Crippen LogP contribution >= 0.6 is 0 Å². The molecule has 0 radical (unpaired) electrons. The van der Waals surface area contributed by atoms with Crippen LogP contribution in [-0.2, 0) is 6.42 Å². The van der Waals surface area contributed by atoms with Gasteiger partial charge in [0.25, 0.3) is 0 Å². The van der Waals surface area contributed by atoms with E-state index in [0.717, 1.165) is 19.3 Å². The average Bonchev–Trinajstić information content (AvgIpc) is 2.14. The van der Waals surface area contributed by atoms with Gasteiger partial charge in [0.1, 0.15) is 0 Å². The fourth-order valence-electron chi connectivity index (χ4n) is 1.08. The monoisotopic (exact) mass is 160 g/mol.